The molecule has 1 aromatic heterocycles. The third-order valence-corrected chi connectivity index (χ3v) is 3.74. The molecule has 9 heteroatoms. The van der Waals surface area contributed by atoms with E-state index in [4.69, 9.17) is 16.3 Å². The zero-order valence-corrected chi connectivity index (χ0v) is 15.0. The van der Waals surface area contributed by atoms with Crippen LogP contribution in [-0.4, -0.2) is 22.0 Å². The van der Waals surface area contributed by atoms with Crippen molar-refractivity contribution in [2.45, 2.75) is 0 Å². The predicted octanol–water partition coefficient (Wildman–Crippen LogP) is 4.20. The highest BCUT2D eigenvalue weighted by Crippen LogP contribution is 2.21. The first-order valence-electron chi connectivity index (χ1n) is 7.98. The molecule has 3 rings (SSSR count). The summed E-state index contributed by atoms with van der Waals surface area (Å²) in [6, 6.07) is 16.1. The second kappa shape index (κ2) is 8.74. The number of hydrazone groups is 1. The molecule has 0 unspecified atom stereocenters. The first-order chi connectivity index (χ1) is 13.5. The monoisotopic (exact) mass is 396 g/mol. The van der Waals surface area contributed by atoms with E-state index in [1.165, 1.54) is 18.3 Å². The zero-order chi connectivity index (χ0) is 19.9. The summed E-state index contributed by atoms with van der Waals surface area (Å²) < 4.78 is 5.52. The fourth-order valence-electron chi connectivity index (χ4n) is 2.14. The van der Waals surface area contributed by atoms with E-state index >= 15 is 0 Å². The van der Waals surface area contributed by atoms with E-state index in [1.807, 2.05) is 0 Å². The largest absolute Gasteiger partial charge is 0.439 e. The van der Waals surface area contributed by atoms with Crippen molar-refractivity contribution in [3.05, 3.63) is 93.1 Å². The van der Waals surface area contributed by atoms with Crippen LogP contribution in [-0.2, 0) is 0 Å². The van der Waals surface area contributed by atoms with Crippen molar-refractivity contribution in [1.29, 1.82) is 0 Å². The number of hydrogen-bond donors (Lipinski definition) is 1. The highest BCUT2D eigenvalue weighted by atomic mass is 35.5. The maximum absolute atomic E-state index is 12.0. The van der Waals surface area contributed by atoms with Crippen LogP contribution in [0, 0.1) is 10.1 Å². The number of hydrogen-bond acceptors (Lipinski definition) is 6. The molecule has 140 valence electrons. The van der Waals surface area contributed by atoms with E-state index in [-0.39, 0.29) is 17.5 Å². The quantitative estimate of drug-likeness (QED) is 0.381. The highest BCUT2D eigenvalue weighted by Gasteiger charge is 2.07. The van der Waals surface area contributed by atoms with Gasteiger partial charge in [0.25, 0.3) is 11.6 Å². The van der Waals surface area contributed by atoms with Crippen molar-refractivity contribution >= 4 is 29.4 Å². The van der Waals surface area contributed by atoms with Crippen LogP contribution in [0.1, 0.15) is 15.9 Å². The van der Waals surface area contributed by atoms with Crippen molar-refractivity contribution in [2.24, 2.45) is 5.10 Å². The molecule has 0 bridgehead atoms. The van der Waals surface area contributed by atoms with Gasteiger partial charge in [-0.05, 0) is 48.0 Å². The number of carbonyl (C=O) groups is 1. The van der Waals surface area contributed by atoms with Crippen LogP contribution in [0.2, 0.25) is 5.02 Å². The molecular weight excluding hydrogens is 384 g/mol. The topological polar surface area (TPSA) is 107 Å². The van der Waals surface area contributed by atoms with Gasteiger partial charge in [-0.2, -0.15) is 5.10 Å². The molecule has 0 atom stereocenters. The van der Waals surface area contributed by atoms with E-state index < -0.39 is 4.92 Å². The summed E-state index contributed by atoms with van der Waals surface area (Å²) in [7, 11) is 0. The molecule has 2 aromatic carbocycles. The van der Waals surface area contributed by atoms with E-state index in [2.05, 4.69) is 15.5 Å². The number of benzene rings is 2. The van der Waals surface area contributed by atoms with E-state index in [1.54, 1.807) is 48.5 Å². The highest BCUT2D eigenvalue weighted by molar-refractivity contribution is 6.30. The molecule has 3 aromatic rings. The molecule has 28 heavy (non-hydrogen) atoms. The first kappa shape index (κ1) is 19.0. The van der Waals surface area contributed by atoms with Gasteiger partial charge in [0.15, 0.2) is 0 Å². The van der Waals surface area contributed by atoms with Crippen LogP contribution >= 0.6 is 11.6 Å². The number of halogens is 1. The van der Waals surface area contributed by atoms with Gasteiger partial charge >= 0.3 is 0 Å². The Hall–Kier alpha value is -3.78. The van der Waals surface area contributed by atoms with Crippen molar-refractivity contribution in [3.8, 4) is 11.6 Å². The number of aromatic nitrogens is 1. The molecule has 8 nitrogen and oxygen atoms in total. The van der Waals surface area contributed by atoms with Crippen molar-refractivity contribution in [1.82, 2.24) is 10.4 Å². The van der Waals surface area contributed by atoms with Crippen LogP contribution in [0.15, 0.2) is 72.0 Å². The van der Waals surface area contributed by atoms with Gasteiger partial charge in [0, 0.05) is 22.7 Å². The average molecular weight is 397 g/mol. The van der Waals surface area contributed by atoms with Gasteiger partial charge in [-0.1, -0.05) is 17.7 Å². The maximum Gasteiger partial charge on any atom is 0.287 e. The van der Waals surface area contributed by atoms with Gasteiger partial charge in [0.1, 0.15) is 11.9 Å². The maximum atomic E-state index is 12.0. The van der Waals surface area contributed by atoms with Crippen molar-refractivity contribution < 1.29 is 14.5 Å². The normalized spacial score (nSPS) is 10.6. The van der Waals surface area contributed by atoms with Crippen molar-refractivity contribution in [3.63, 3.8) is 0 Å². The molecule has 0 radical (unpaired) electrons. The number of ether oxygens (including phenoxy) is 1. The van der Waals surface area contributed by atoms with Gasteiger partial charge < -0.3 is 4.74 Å². The van der Waals surface area contributed by atoms with Crippen molar-refractivity contribution in [2.75, 3.05) is 0 Å². The molecule has 1 amide bonds. The minimum Gasteiger partial charge on any atom is -0.439 e. The van der Waals surface area contributed by atoms with Gasteiger partial charge in [0.05, 0.1) is 11.1 Å². The van der Waals surface area contributed by atoms with Gasteiger partial charge in [-0.3, -0.25) is 14.9 Å². The van der Waals surface area contributed by atoms with E-state index in [0.29, 0.717) is 16.3 Å². The molecule has 0 fully saturated rings. The Morgan fingerprint density at radius 1 is 1.18 bits per heavy atom. The minimum atomic E-state index is -0.532. The zero-order valence-electron chi connectivity index (χ0n) is 14.3. The lowest BCUT2D eigenvalue weighted by atomic mass is 10.2. The Balaban J connectivity index is 1.57. The van der Waals surface area contributed by atoms with Gasteiger partial charge in [-0.25, -0.2) is 10.4 Å². The predicted molar refractivity (Wildman–Crippen MR) is 104 cm³/mol. The third kappa shape index (κ3) is 5.12. The Morgan fingerprint density at radius 3 is 2.61 bits per heavy atom. The molecule has 1 N–H and O–H groups in total. The number of rotatable bonds is 6. The Bertz CT molecular complexity index is 1020. The second-order valence-electron chi connectivity index (χ2n) is 5.49. The Labute approximate surface area is 164 Å². The van der Waals surface area contributed by atoms with E-state index in [0.717, 1.165) is 11.8 Å². The second-order valence-corrected chi connectivity index (χ2v) is 5.93. The fourth-order valence-corrected chi connectivity index (χ4v) is 2.33. The summed E-state index contributed by atoms with van der Waals surface area (Å²) in [5, 5.41) is 15.0. The lowest BCUT2D eigenvalue weighted by molar-refractivity contribution is -0.385. The fraction of sp³-hybridized carbons (Fsp3) is 0. The number of nitrogens with one attached hydrogen (secondary N) is 1. The molecular formula is C19H13ClN4O4. The van der Waals surface area contributed by atoms with Crippen LogP contribution in [0.5, 0.6) is 11.6 Å². The van der Waals surface area contributed by atoms with Crippen LogP contribution < -0.4 is 10.2 Å². The summed E-state index contributed by atoms with van der Waals surface area (Å²) in [6.45, 7) is 0. The smallest absolute Gasteiger partial charge is 0.287 e. The minimum absolute atomic E-state index is 0.112. The summed E-state index contributed by atoms with van der Waals surface area (Å²) in [5.41, 5.74) is 3.45. The van der Waals surface area contributed by atoms with E-state index in [9.17, 15) is 14.9 Å². The van der Waals surface area contributed by atoms with Gasteiger partial charge in [0.2, 0.25) is 5.88 Å². The summed E-state index contributed by atoms with van der Waals surface area (Å²) in [5.74, 6) is 0.366. The molecule has 0 aliphatic carbocycles. The molecule has 1 heterocycles. The summed E-state index contributed by atoms with van der Waals surface area (Å²) >= 11 is 5.85. The number of pyridine rings is 1. The third-order valence-electron chi connectivity index (χ3n) is 3.50. The molecule has 0 aliphatic heterocycles. The lowest BCUT2D eigenvalue weighted by Gasteiger charge is -2.04. The number of nitrogens with zero attached hydrogens (tertiary/aromatic N) is 3. The summed E-state index contributed by atoms with van der Waals surface area (Å²) in [6.07, 6.45) is 2.61. The molecule has 0 saturated heterocycles. The molecule has 0 aliphatic rings. The average Bonchev–Trinajstić information content (AvgIpc) is 2.69. The number of nitro groups is 1. The van der Waals surface area contributed by atoms with Crippen LogP contribution in [0.4, 0.5) is 5.69 Å². The van der Waals surface area contributed by atoms with Gasteiger partial charge in [-0.15, -0.1) is 0 Å². The number of amides is 1. The first-order valence-corrected chi connectivity index (χ1v) is 8.36. The molecule has 0 saturated carbocycles. The Morgan fingerprint density at radius 2 is 1.96 bits per heavy atom. The lowest BCUT2D eigenvalue weighted by Crippen LogP contribution is -2.17. The number of carbonyl (C=O) groups excluding carboxylic acids is 1. The SMILES string of the molecule is O=C(N/N=C/c1ccc(Oc2ccc([N+](=O)[O-])cn2)cc1)c1cccc(Cl)c1. The van der Waals surface area contributed by atoms with Crippen LogP contribution in [0.3, 0.4) is 0 Å². The Kier molecular flexibility index (Phi) is 5.93. The summed E-state index contributed by atoms with van der Waals surface area (Å²) in [4.78, 5) is 25.9. The standard InChI is InChI=1S/C19H13ClN4O4/c20-15-3-1-2-14(10-15)19(25)23-22-11-13-4-7-17(8-5-13)28-18-9-6-16(12-21-18)24(26)27/h1-12H,(H,23,25)/b22-11+. The molecule has 0 spiro atoms. The van der Waals surface area contributed by atoms with Crippen LogP contribution in [0.25, 0.3) is 0 Å².